The Bertz CT molecular complexity index is 529. The van der Waals surface area contributed by atoms with Crippen LogP contribution in [0, 0.1) is 0 Å². The molecule has 120 valence electrons. The number of amides is 1. The van der Waals surface area contributed by atoms with Crippen molar-refractivity contribution in [3.8, 4) is 0 Å². The molecule has 1 aliphatic rings. The smallest absolute Gasteiger partial charge is 0.255 e. The van der Waals surface area contributed by atoms with Gasteiger partial charge in [-0.25, -0.2) is 4.98 Å². The van der Waals surface area contributed by atoms with Gasteiger partial charge in [0, 0.05) is 46.6 Å². The average Bonchev–Trinajstić information content (AvgIpc) is 2.48. The van der Waals surface area contributed by atoms with Gasteiger partial charge in [0.2, 0.25) is 0 Å². The molecule has 7 heteroatoms. The van der Waals surface area contributed by atoms with Crippen molar-refractivity contribution in [3.63, 3.8) is 0 Å². The van der Waals surface area contributed by atoms with Crippen molar-refractivity contribution in [2.75, 3.05) is 51.0 Å². The quantitative estimate of drug-likeness (QED) is 0.432. The molecule has 2 rings (SSSR count). The normalized spacial score (nSPS) is 14.0. The number of carbonyl (C=O) groups is 1. The Morgan fingerprint density at radius 2 is 2.36 bits per heavy atom. The third kappa shape index (κ3) is 4.17. The predicted molar refractivity (Wildman–Crippen MR) is 87.8 cm³/mol. The van der Waals surface area contributed by atoms with Gasteiger partial charge in [-0.2, -0.15) is 0 Å². The molecular formula is C15H23N5O2. The highest BCUT2D eigenvalue weighted by Crippen LogP contribution is 2.22. The van der Waals surface area contributed by atoms with Crippen LogP contribution in [0.1, 0.15) is 23.2 Å². The number of ether oxygens (including phenoxy) is 1. The van der Waals surface area contributed by atoms with Gasteiger partial charge >= 0.3 is 0 Å². The maximum Gasteiger partial charge on any atom is 0.255 e. The second-order valence-corrected chi connectivity index (χ2v) is 5.07. The van der Waals surface area contributed by atoms with E-state index in [2.05, 4.69) is 20.6 Å². The monoisotopic (exact) mass is 305 g/mol. The lowest BCUT2D eigenvalue weighted by atomic mass is 10.1. The van der Waals surface area contributed by atoms with Gasteiger partial charge in [-0.05, 0) is 18.9 Å². The lowest BCUT2D eigenvalue weighted by molar-refractivity contribution is 0.0651. The van der Waals surface area contributed by atoms with Crippen LogP contribution in [0.4, 0.5) is 11.5 Å². The molecule has 1 aromatic heterocycles. The lowest BCUT2D eigenvalue weighted by Gasteiger charge is -2.31. The van der Waals surface area contributed by atoms with Gasteiger partial charge in [0.05, 0.1) is 17.6 Å². The molecule has 1 fully saturated rings. The second-order valence-electron chi connectivity index (χ2n) is 5.07. The highest BCUT2D eigenvalue weighted by Gasteiger charge is 2.22. The van der Waals surface area contributed by atoms with Crippen LogP contribution < -0.4 is 10.6 Å². The zero-order valence-electron chi connectivity index (χ0n) is 13.1. The number of methoxy groups -OCH3 is 1. The number of pyridine rings is 1. The molecule has 22 heavy (non-hydrogen) atoms. The summed E-state index contributed by atoms with van der Waals surface area (Å²) in [6.07, 6.45) is 5.16. The highest BCUT2D eigenvalue weighted by atomic mass is 16.5. The number of rotatable bonds is 8. The van der Waals surface area contributed by atoms with Gasteiger partial charge in [-0.15, -0.1) is 0 Å². The molecule has 2 N–H and O–H groups in total. The van der Waals surface area contributed by atoms with E-state index in [1.165, 1.54) is 0 Å². The first-order valence-corrected chi connectivity index (χ1v) is 7.45. The number of hydrogen-bond acceptors (Lipinski definition) is 5. The van der Waals surface area contributed by atoms with Gasteiger partial charge in [0.25, 0.3) is 5.91 Å². The minimum atomic E-state index is 0.0289. The number of aliphatic imine (C=N–C) groups is 1. The van der Waals surface area contributed by atoms with Gasteiger partial charge in [0.15, 0.2) is 0 Å². The number of carbonyl (C=O) groups excluding carboxylic acids is 1. The largest absolute Gasteiger partial charge is 0.385 e. The van der Waals surface area contributed by atoms with Crippen molar-refractivity contribution in [2.24, 2.45) is 4.99 Å². The van der Waals surface area contributed by atoms with Crippen molar-refractivity contribution in [1.29, 1.82) is 0 Å². The molecule has 7 nitrogen and oxygen atoms in total. The molecule has 1 saturated heterocycles. The minimum absolute atomic E-state index is 0.0289. The Morgan fingerprint density at radius 3 is 3.00 bits per heavy atom. The first-order valence-electron chi connectivity index (χ1n) is 7.45. The van der Waals surface area contributed by atoms with E-state index in [9.17, 15) is 4.79 Å². The van der Waals surface area contributed by atoms with Crippen LogP contribution in [0.5, 0.6) is 0 Å². The standard InChI is InChI=1S/C15H23N5O2/c1-16-11-19-13-9-12(15(21)20-6-4-7-20)10-18-14(13)17-5-3-8-22-2/h9-11H,3-8H2,1-2H3,(H,16,19)(H,17,18). The molecule has 0 aliphatic carbocycles. The van der Waals surface area contributed by atoms with E-state index in [-0.39, 0.29) is 5.91 Å². The molecule has 1 aliphatic heterocycles. The van der Waals surface area contributed by atoms with Gasteiger partial charge in [-0.1, -0.05) is 0 Å². The SMILES string of the molecule is CN=CNc1cc(C(=O)N2CCC2)cnc1NCCCOC. The molecule has 0 radical (unpaired) electrons. The highest BCUT2D eigenvalue weighted by molar-refractivity contribution is 5.97. The zero-order valence-corrected chi connectivity index (χ0v) is 13.1. The average molecular weight is 305 g/mol. The van der Waals surface area contributed by atoms with E-state index < -0.39 is 0 Å². The van der Waals surface area contributed by atoms with Gasteiger partial charge in [-0.3, -0.25) is 9.79 Å². The first-order chi connectivity index (χ1) is 10.8. The molecule has 0 unspecified atom stereocenters. The van der Waals surface area contributed by atoms with Gasteiger partial charge in [0.1, 0.15) is 5.82 Å². The van der Waals surface area contributed by atoms with Crippen LogP contribution in [0.15, 0.2) is 17.3 Å². The summed E-state index contributed by atoms with van der Waals surface area (Å²) in [5.41, 5.74) is 1.34. The minimum Gasteiger partial charge on any atom is -0.385 e. The Kier molecular flexibility index (Phi) is 6.14. The lowest BCUT2D eigenvalue weighted by Crippen LogP contribution is -2.42. The topological polar surface area (TPSA) is 78.9 Å². The summed E-state index contributed by atoms with van der Waals surface area (Å²) in [6, 6.07) is 1.81. The maximum atomic E-state index is 12.3. The van der Waals surface area contributed by atoms with Crippen molar-refractivity contribution >= 4 is 23.8 Å². The maximum absolute atomic E-state index is 12.3. The Morgan fingerprint density at radius 1 is 1.55 bits per heavy atom. The predicted octanol–water partition coefficient (Wildman–Crippen LogP) is 1.45. The summed E-state index contributed by atoms with van der Waals surface area (Å²) in [4.78, 5) is 22.4. The molecule has 2 heterocycles. The van der Waals surface area contributed by atoms with E-state index >= 15 is 0 Å². The number of hydrogen-bond donors (Lipinski definition) is 2. The summed E-state index contributed by atoms with van der Waals surface area (Å²) in [5.74, 6) is 0.734. The van der Waals surface area contributed by atoms with Crippen LogP contribution in [0.3, 0.4) is 0 Å². The number of likely N-dealkylation sites (tertiary alicyclic amines) is 1. The van der Waals surface area contributed by atoms with Crippen LogP contribution in [-0.2, 0) is 4.74 Å². The number of aromatic nitrogens is 1. The summed E-state index contributed by atoms with van der Waals surface area (Å²) in [6.45, 7) is 3.10. The van der Waals surface area contributed by atoms with Crippen LogP contribution in [0.2, 0.25) is 0 Å². The van der Waals surface area contributed by atoms with E-state index in [1.807, 2.05) is 11.0 Å². The first kappa shape index (κ1) is 16.2. The fourth-order valence-corrected chi connectivity index (χ4v) is 2.09. The van der Waals surface area contributed by atoms with Crippen molar-refractivity contribution < 1.29 is 9.53 Å². The zero-order chi connectivity index (χ0) is 15.8. The Hall–Kier alpha value is -2.15. The molecular weight excluding hydrogens is 282 g/mol. The van der Waals surface area contributed by atoms with Gasteiger partial charge < -0.3 is 20.3 Å². The summed E-state index contributed by atoms with van der Waals surface area (Å²) >= 11 is 0. The number of nitrogens with zero attached hydrogens (tertiary/aromatic N) is 3. The number of nitrogens with one attached hydrogen (secondary N) is 2. The fourth-order valence-electron chi connectivity index (χ4n) is 2.09. The molecule has 0 aromatic carbocycles. The van der Waals surface area contributed by atoms with Crippen LogP contribution in [0.25, 0.3) is 0 Å². The molecule has 0 spiro atoms. The van der Waals surface area contributed by atoms with Crippen molar-refractivity contribution in [3.05, 3.63) is 17.8 Å². The Labute approximate surface area is 130 Å². The molecule has 0 atom stereocenters. The molecule has 0 bridgehead atoms. The van der Waals surface area contributed by atoms with E-state index in [4.69, 9.17) is 4.74 Å². The molecule has 1 aromatic rings. The summed E-state index contributed by atoms with van der Waals surface area (Å²) in [5, 5.41) is 6.30. The summed E-state index contributed by atoms with van der Waals surface area (Å²) in [7, 11) is 3.36. The fraction of sp³-hybridized carbons (Fsp3) is 0.533. The number of anilines is 2. The Balaban J connectivity index is 2.08. The third-order valence-corrected chi connectivity index (χ3v) is 3.44. The van der Waals surface area contributed by atoms with Crippen molar-refractivity contribution in [2.45, 2.75) is 12.8 Å². The third-order valence-electron chi connectivity index (χ3n) is 3.44. The van der Waals surface area contributed by atoms with Crippen molar-refractivity contribution in [1.82, 2.24) is 9.88 Å². The summed E-state index contributed by atoms with van der Waals surface area (Å²) < 4.78 is 5.02. The van der Waals surface area contributed by atoms with Crippen LogP contribution in [-0.4, -0.2) is 62.5 Å². The molecule has 0 saturated carbocycles. The van der Waals surface area contributed by atoms with Crippen LogP contribution >= 0.6 is 0 Å². The van der Waals surface area contributed by atoms with E-state index in [0.29, 0.717) is 18.0 Å². The van der Waals surface area contributed by atoms with E-state index in [0.717, 1.165) is 38.2 Å². The molecule has 1 amide bonds. The van der Waals surface area contributed by atoms with E-state index in [1.54, 1.807) is 26.7 Å². The second kappa shape index (κ2) is 8.33.